The van der Waals surface area contributed by atoms with Crippen molar-refractivity contribution in [1.29, 1.82) is 0 Å². The minimum absolute atomic E-state index is 0.00907. The molecule has 5 aliphatic rings. The molecule has 13 rings (SSSR count). The first-order chi connectivity index (χ1) is 47.2. The molecule has 4 saturated heterocycles. The number of halogens is 3. The van der Waals surface area contributed by atoms with E-state index in [-0.39, 0.29) is 104 Å². The molecule has 10 heterocycles. The number of carbonyl (C=O) groups excluding carboxylic acids is 2. The fraction of sp³-hybridized carbons (Fsp3) is 0.522. The van der Waals surface area contributed by atoms with Gasteiger partial charge in [-0.15, -0.1) is 22.7 Å². The summed E-state index contributed by atoms with van der Waals surface area (Å²) in [6.07, 6.45) is 5.44. The highest BCUT2D eigenvalue weighted by molar-refractivity contribution is 7.91. The van der Waals surface area contributed by atoms with Gasteiger partial charge in [-0.25, -0.2) is 49.9 Å². The number of thiophene rings is 2. The maximum Gasteiger partial charge on any atom is 0.387 e. The van der Waals surface area contributed by atoms with Crippen molar-refractivity contribution in [2.24, 2.45) is 0 Å². The van der Waals surface area contributed by atoms with E-state index in [1.165, 1.54) is 78.8 Å². The van der Waals surface area contributed by atoms with E-state index >= 15 is 23.6 Å². The first kappa shape index (κ1) is 70.6. The average Bonchev–Trinajstić information content (AvgIpc) is 1.48. The number of para-hydroxylation sites is 1. The van der Waals surface area contributed by atoms with Crippen LogP contribution in [0.25, 0.3) is 42.0 Å². The van der Waals surface area contributed by atoms with Crippen LogP contribution in [0.5, 0.6) is 11.5 Å². The zero-order valence-electron chi connectivity index (χ0n) is 56.0. The molecule has 6 aromatic heterocycles. The summed E-state index contributed by atoms with van der Waals surface area (Å²) in [5.74, 6) is -3.49. The number of methoxy groups -OCH3 is 1. The predicted molar refractivity (Wildman–Crippen MR) is 360 cm³/mol. The van der Waals surface area contributed by atoms with Crippen molar-refractivity contribution in [3.8, 4) is 33.0 Å². The normalized spacial score (nSPS) is 21.1. The van der Waals surface area contributed by atoms with Crippen LogP contribution in [-0.4, -0.2) is 117 Å². The Kier molecular flexibility index (Phi) is 18.8. The molecule has 1 saturated carbocycles. The number of amides is 2. The molecule has 4 aliphatic heterocycles. The predicted octanol–water partition coefficient (Wildman–Crippen LogP) is 8.92. The number of sulfonamides is 2. The summed E-state index contributed by atoms with van der Waals surface area (Å²) in [7, 11) is -7.60. The molecule has 1 aliphatic carbocycles. The molecule has 2 unspecified atom stereocenters. The average molecular weight is 1470 g/mol. The number of aromatic nitrogens is 6. The number of fused-ring (bicyclic) bond motifs is 6. The molecule has 100 heavy (non-hydrogen) atoms. The lowest BCUT2D eigenvalue weighted by atomic mass is 10.0. The summed E-state index contributed by atoms with van der Waals surface area (Å²) in [6.45, 7) is 6.33. The van der Waals surface area contributed by atoms with Crippen LogP contribution >= 0.6 is 22.7 Å². The van der Waals surface area contributed by atoms with Gasteiger partial charge in [0.15, 0.2) is 0 Å². The molecule has 2 aromatic carbocycles. The zero-order valence-corrected chi connectivity index (χ0v) is 59.3. The van der Waals surface area contributed by atoms with E-state index in [2.05, 4.69) is 14.7 Å². The third kappa shape index (κ3) is 13.2. The first-order valence-corrected chi connectivity index (χ1v) is 37.5. The molecule has 2 amide bonds. The standard InChI is InChI=1S/C67H75F3N8O18S4/c1-33-50-56(79)78(63(83)75(58(50)97-52(33)54-71-22-23-90-54)31-48(44-12-10-11-13-46(44)89-9)93-40-25-36-15-16-37(26-40)91-36)67(7,8)61(82)74-100(87,88)65(3,4)29-42-30-72-55(95-42)53-34(2)51-57(80)77(66(5,6)60(81)73-99(85,86)43-19-20-43)64(84)76(59(51)98-53)32-49(94-41-27-38-17-18-39(28-41)92-38)45-24-35(68)14-21-47(45)96-62(69)70/h10-14,21-24,30,36-41,43,48-49,62H,15-20,25-29,31-32H2,1-9H3,(H,73,81)(H,74,82)/t36-,37+,38-,39+,40?,41?,48-,49-/m0/s1. The number of oxazole rings is 2. The summed E-state index contributed by atoms with van der Waals surface area (Å²) < 4.78 is 154. The van der Waals surface area contributed by atoms with E-state index in [1.54, 1.807) is 25.1 Å². The Morgan fingerprint density at radius 3 is 1.69 bits per heavy atom. The highest BCUT2D eigenvalue weighted by Crippen LogP contribution is 2.44. The van der Waals surface area contributed by atoms with Crippen LogP contribution in [0.1, 0.15) is 146 Å². The lowest BCUT2D eigenvalue weighted by Crippen LogP contribution is -2.58. The number of alkyl halides is 2. The van der Waals surface area contributed by atoms with Gasteiger partial charge < -0.3 is 37.3 Å². The monoisotopic (exact) mass is 1460 g/mol. The molecule has 0 spiro atoms. The smallest absolute Gasteiger partial charge is 0.387 e. The van der Waals surface area contributed by atoms with Crippen molar-refractivity contribution < 1.29 is 76.9 Å². The van der Waals surface area contributed by atoms with Gasteiger partial charge in [-0.05, 0) is 155 Å². The molecule has 4 bridgehead atoms. The maximum absolute atomic E-state index is 15.5. The number of rotatable bonds is 25. The van der Waals surface area contributed by atoms with E-state index in [1.807, 2.05) is 10.8 Å². The first-order valence-electron chi connectivity index (χ1n) is 32.8. The van der Waals surface area contributed by atoms with Gasteiger partial charge in [0, 0.05) is 17.5 Å². The van der Waals surface area contributed by atoms with Gasteiger partial charge in [0.1, 0.15) is 62.3 Å². The second-order valence-electron chi connectivity index (χ2n) is 27.8. The summed E-state index contributed by atoms with van der Waals surface area (Å²) in [6, 6.07) is 10.0. The van der Waals surface area contributed by atoms with Gasteiger partial charge in [0.2, 0.25) is 31.8 Å². The largest absolute Gasteiger partial charge is 0.496 e. The van der Waals surface area contributed by atoms with Crippen LogP contribution in [-0.2, 0) is 79.2 Å². The summed E-state index contributed by atoms with van der Waals surface area (Å²) in [4.78, 5) is 99.7. The van der Waals surface area contributed by atoms with E-state index in [4.69, 9.17) is 37.3 Å². The van der Waals surface area contributed by atoms with Crippen LogP contribution in [0.15, 0.2) is 89.1 Å². The highest BCUT2D eigenvalue weighted by atomic mass is 32.2. The fourth-order valence-corrected chi connectivity index (χ4v) is 19.0. The van der Waals surface area contributed by atoms with Gasteiger partial charge in [0.25, 0.3) is 22.9 Å². The molecule has 5 fully saturated rings. The Bertz CT molecular complexity index is 5010. The molecule has 8 aromatic rings. The quantitative estimate of drug-likeness (QED) is 0.0539. The second-order valence-corrected chi connectivity index (χ2v) is 34.1. The summed E-state index contributed by atoms with van der Waals surface area (Å²) in [5.41, 5.74) is -7.75. The Labute approximate surface area is 578 Å². The Morgan fingerprint density at radius 1 is 0.680 bits per heavy atom. The zero-order chi connectivity index (χ0) is 71.4. The van der Waals surface area contributed by atoms with Gasteiger partial charge in [0.05, 0.1) is 99.7 Å². The van der Waals surface area contributed by atoms with Crippen LogP contribution in [0.2, 0.25) is 0 Å². The SMILES string of the molecule is COc1ccccc1[C@H](Cn1c(=O)n(C(C)(C)C(=O)NS(=O)(=O)C(C)(C)Cc2cnc(-c3sc4c(c3C)c(=O)n(C(C)(C)C(=O)NS(=O)(=O)C3CC3)c(=O)n4C[C@H](OC3C[C@H]4CC[C@@H](C3)O4)c3cc(F)ccc3OC(F)F)o2)c(=O)c2c(C)c(-c3ncco3)sc21)OC1C[C@H]2CC[C@@H](C1)O2. The third-order valence-corrected chi connectivity index (χ3v) is 26.2. The van der Waals surface area contributed by atoms with E-state index in [9.17, 15) is 35.2 Å². The summed E-state index contributed by atoms with van der Waals surface area (Å²) in [5, 5.41) is -1.05. The van der Waals surface area contributed by atoms with Crippen LogP contribution in [0.3, 0.4) is 0 Å². The van der Waals surface area contributed by atoms with Crippen LogP contribution in [0.4, 0.5) is 13.2 Å². The van der Waals surface area contributed by atoms with Crippen molar-refractivity contribution in [2.75, 3.05) is 7.11 Å². The van der Waals surface area contributed by atoms with E-state index in [0.29, 0.717) is 64.8 Å². The fourth-order valence-electron chi connectivity index (χ4n) is 14.0. The molecule has 8 atom stereocenters. The third-order valence-electron chi connectivity index (χ3n) is 19.7. The van der Waals surface area contributed by atoms with Gasteiger partial charge in [-0.2, -0.15) is 8.78 Å². The molecular formula is C67H75F3N8O18S4. The van der Waals surface area contributed by atoms with Crippen molar-refractivity contribution >= 4 is 75.0 Å². The number of benzene rings is 2. The molecule has 26 nitrogen and oxygen atoms in total. The van der Waals surface area contributed by atoms with E-state index < -0.39 is 125 Å². The van der Waals surface area contributed by atoms with Crippen LogP contribution < -0.4 is 41.4 Å². The molecule has 536 valence electrons. The van der Waals surface area contributed by atoms with Gasteiger partial charge in [-0.1, -0.05) is 18.2 Å². The number of carbonyl (C=O) groups is 2. The van der Waals surface area contributed by atoms with E-state index in [0.717, 1.165) is 62.8 Å². The number of aryl methyl sites for hydroxylation is 2. The van der Waals surface area contributed by atoms with Gasteiger partial charge in [-0.3, -0.25) is 37.8 Å². The lowest BCUT2D eigenvalue weighted by molar-refractivity contribution is -0.127. The number of ether oxygens (including phenoxy) is 6. The Morgan fingerprint density at radius 2 is 1.19 bits per heavy atom. The minimum Gasteiger partial charge on any atom is -0.496 e. The number of hydrogen-bond acceptors (Lipinski definition) is 22. The maximum atomic E-state index is 15.5. The number of nitrogens with one attached hydrogen (secondary N) is 2. The minimum atomic E-state index is -4.86. The second kappa shape index (κ2) is 26.5. The molecule has 2 N–H and O–H groups in total. The van der Waals surface area contributed by atoms with Crippen molar-refractivity contribution in [3.05, 3.63) is 137 Å². The topological polar surface area (TPSA) is 322 Å². The van der Waals surface area contributed by atoms with Gasteiger partial charge >= 0.3 is 18.0 Å². The Balaban J connectivity index is 0.839. The lowest BCUT2D eigenvalue weighted by Gasteiger charge is -2.33. The number of hydrogen-bond donors (Lipinski definition) is 2. The highest BCUT2D eigenvalue weighted by Gasteiger charge is 2.47. The summed E-state index contributed by atoms with van der Waals surface area (Å²) >= 11 is 1.88. The molecular weight excluding hydrogens is 1390 g/mol. The van der Waals surface area contributed by atoms with Crippen molar-refractivity contribution in [2.45, 2.75) is 216 Å². The van der Waals surface area contributed by atoms with Crippen molar-refractivity contribution in [3.63, 3.8) is 0 Å². The van der Waals surface area contributed by atoms with Crippen LogP contribution in [0, 0.1) is 19.7 Å². The molecule has 0 radical (unpaired) electrons. The van der Waals surface area contributed by atoms with Crippen molar-refractivity contribution in [1.82, 2.24) is 37.7 Å². The number of nitrogens with zero attached hydrogens (tertiary/aromatic N) is 6. The molecule has 33 heteroatoms. The Hall–Kier alpha value is -7.79.